The fraction of sp³-hybridized carbons (Fsp3) is 0. The van der Waals surface area contributed by atoms with Gasteiger partial charge < -0.3 is 0 Å². The summed E-state index contributed by atoms with van der Waals surface area (Å²) in [6.45, 7) is 0. The predicted molar refractivity (Wildman–Crippen MR) is 61.6 cm³/mol. The second-order valence-electron chi connectivity index (χ2n) is 3.53. The van der Waals surface area contributed by atoms with E-state index in [1.807, 2.05) is 18.2 Å². The lowest BCUT2D eigenvalue weighted by Crippen LogP contribution is -1.90. The summed E-state index contributed by atoms with van der Waals surface area (Å²) in [6.07, 6.45) is 4.11. The Balaban J connectivity index is 2.17. The number of aromatic nitrogens is 4. The van der Waals surface area contributed by atoms with E-state index in [-0.39, 0.29) is 0 Å². The second-order valence-corrected chi connectivity index (χ2v) is 3.53. The molecule has 3 aromatic heterocycles. The molecule has 0 radical (unpaired) electrons. The van der Waals surface area contributed by atoms with Crippen molar-refractivity contribution in [2.24, 2.45) is 0 Å². The first-order valence-corrected chi connectivity index (χ1v) is 5.10. The van der Waals surface area contributed by atoms with Crippen LogP contribution in [0.15, 0.2) is 42.7 Å². The molecule has 5 heteroatoms. The Morgan fingerprint density at radius 2 is 2.12 bits per heavy atom. The molecular formula is C12H8N4O. The lowest BCUT2D eigenvalue weighted by molar-refractivity contribution is 0.112. The summed E-state index contributed by atoms with van der Waals surface area (Å²) in [5.74, 6) is 0.550. The van der Waals surface area contributed by atoms with Gasteiger partial charge in [0.2, 0.25) is 5.82 Å². The predicted octanol–water partition coefficient (Wildman–Crippen LogP) is 1.60. The lowest BCUT2D eigenvalue weighted by Gasteiger charge is -1.91. The summed E-state index contributed by atoms with van der Waals surface area (Å²) in [7, 11) is 0. The summed E-state index contributed by atoms with van der Waals surface area (Å²) >= 11 is 0. The SMILES string of the molecule is O=Cc1ccc2nc(-c3ccccn3)nn2c1. The Bertz CT molecular complexity index is 675. The second kappa shape index (κ2) is 3.79. The van der Waals surface area contributed by atoms with Gasteiger partial charge in [0.05, 0.1) is 0 Å². The third kappa shape index (κ3) is 1.67. The molecule has 0 aromatic carbocycles. The number of rotatable bonds is 2. The van der Waals surface area contributed by atoms with Gasteiger partial charge in [-0.05, 0) is 24.3 Å². The first-order chi connectivity index (χ1) is 8.36. The minimum atomic E-state index is 0.550. The van der Waals surface area contributed by atoms with E-state index in [0.29, 0.717) is 22.7 Å². The Labute approximate surface area is 96.8 Å². The minimum Gasteiger partial charge on any atom is -0.298 e. The first-order valence-electron chi connectivity index (χ1n) is 5.10. The highest BCUT2D eigenvalue weighted by atomic mass is 16.1. The number of aldehydes is 1. The van der Waals surface area contributed by atoms with E-state index in [1.54, 1.807) is 29.0 Å². The van der Waals surface area contributed by atoms with Crippen molar-refractivity contribution in [1.29, 1.82) is 0 Å². The van der Waals surface area contributed by atoms with Crippen molar-refractivity contribution in [1.82, 2.24) is 19.6 Å². The standard InChI is InChI=1S/C12H8N4O/c17-8-9-4-5-11-14-12(15-16(11)7-9)10-3-1-2-6-13-10/h1-8H. The molecule has 0 saturated carbocycles. The first kappa shape index (κ1) is 9.65. The normalized spacial score (nSPS) is 10.6. The van der Waals surface area contributed by atoms with E-state index in [1.165, 1.54) is 0 Å². The van der Waals surface area contributed by atoms with Crippen LogP contribution in [-0.2, 0) is 0 Å². The van der Waals surface area contributed by atoms with Crippen LogP contribution < -0.4 is 0 Å². The Hall–Kier alpha value is -2.56. The maximum Gasteiger partial charge on any atom is 0.200 e. The van der Waals surface area contributed by atoms with Crippen LogP contribution in [0, 0.1) is 0 Å². The number of hydrogen-bond acceptors (Lipinski definition) is 4. The van der Waals surface area contributed by atoms with Gasteiger partial charge in [-0.25, -0.2) is 9.50 Å². The lowest BCUT2D eigenvalue weighted by atomic mass is 10.3. The number of hydrogen-bond donors (Lipinski definition) is 0. The molecule has 0 N–H and O–H groups in total. The summed E-state index contributed by atoms with van der Waals surface area (Å²) in [4.78, 5) is 19.2. The molecule has 0 atom stereocenters. The van der Waals surface area contributed by atoms with E-state index in [4.69, 9.17) is 0 Å². The number of carbonyl (C=O) groups is 1. The fourth-order valence-corrected chi connectivity index (χ4v) is 1.57. The Morgan fingerprint density at radius 3 is 2.88 bits per heavy atom. The zero-order valence-corrected chi connectivity index (χ0v) is 8.82. The van der Waals surface area contributed by atoms with E-state index >= 15 is 0 Å². The van der Waals surface area contributed by atoms with Crippen LogP contribution >= 0.6 is 0 Å². The molecule has 0 aliphatic rings. The average molecular weight is 224 g/mol. The van der Waals surface area contributed by atoms with Gasteiger partial charge >= 0.3 is 0 Å². The van der Waals surface area contributed by atoms with Crippen LogP contribution in [0.1, 0.15) is 10.4 Å². The number of nitrogens with zero attached hydrogens (tertiary/aromatic N) is 4. The maximum atomic E-state index is 10.7. The highest BCUT2D eigenvalue weighted by Crippen LogP contribution is 2.13. The molecule has 0 aliphatic heterocycles. The molecule has 82 valence electrons. The summed E-state index contributed by atoms with van der Waals surface area (Å²) < 4.78 is 1.58. The molecule has 0 unspecified atom stereocenters. The molecule has 0 bridgehead atoms. The van der Waals surface area contributed by atoms with Gasteiger partial charge in [0, 0.05) is 18.0 Å². The van der Waals surface area contributed by atoms with Gasteiger partial charge in [0.15, 0.2) is 11.9 Å². The molecule has 17 heavy (non-hydrogen) atoms. The molecule has 0 saturated heterocycles. The molecule has 0 spiro atoms. The Kier molecular flexibility index (Phi) is 2.15. The van der Waals surface area contributed by atoms with Gasteiger partial charge in [-0.1, -0.05) is 6.07 Å². The Morgan fingerprint density at radius 1 is 1.18 bits per heavy atom. The van der Waals surface area contributed by atoms with Crippen LogP contribution in [0.4, 0.5) is 0 Å². The number of fused-ring (bicyclic) bond motifs is 1. The van der Waals surface area contributed by atoms with Crippen molar-refractivity contribution >= 4 is 11.9 Å². The zero-order chi connectivity index (χ0) is 11.7. The van der Waals surface area contributed by atoms with E-state index in [0.717, 1.165) is 6.29 Å². The van der Waals surface area contributed by atoms with Crippen LogP contribution in [-0.4, -0.2) is 25.9 Å². The highest BCUT2D eigenvalue weighted by Gasteiger charge is 2.06. The van der Waals surface area contributed by atoms with E-state index in [2.05, 4.69) is 15.1 Å². The molecule has 0 aliphatic carbocycles. The van der Waals surface area contributed by atoms with Crippen LogP contribution in [0.2, 0.25) is 0 Å². The zero-order valence-electron chi connectivity index (χ0n) is 8.82. The monoisotopic (exact) mass is 224 g/mol. The molecule has 3 rings (SSSR count). The van der Waals surface area contributed by atoms with Gasteiger partial charge in [-0.15, -0.1) is 5.10 Å². The van der Waals surface area contributed by atoms with Crippen LogP contribution in [0.5, 0.6) is 0 Å². The summed E-state index contributed by atoms with van der Waals surface area (Å²) in [5.41, 5.74) is 1.97. The topological polar surface area (TPSA) is 60.2 Å². The van der Waals surface area contributed by atoms with Crippen molar-refractivity contribution in [2.75, 3.05) is 0 Å². The third-order valence-corrected chi connectivity index (χ3v) is 2.38. The van der Waals surface area contributed by atoms with Gasteiger partial charge in [0.25, 0.3) is 0 Å². The van der Waals surface area contributed by atoms with Gasteiger partial charge in [0.1, 0.15) is 5.69 Å². The molecule has 0 fully saturated rings. The van der Waals surface area contributed by atoms with Crippen LogP contribution in [0.25, 0.3) is 17.2 Å². The molecule has 3 aromatic rings. The third-order valence-electron chi connectivity index (χ3n) is 2.38. The largest absolute Gasteiger partial charge is 0.298 e. The smallest absolute Gasteiger partial charge is 0.200 e. The van der Waals surface area contributed by atoms with Crippen LogP contribution in [0.3, 0.4) is 0 Å². The molecule has 0 amide bonds. The summed E-state index contributed by atoms with van der Waals surface area (Å²) in [6, 6.07) is 9.02. The minimum absolute atomic E-state index is 0.550. The van der Waals surface area contributed by atoms with Gasteiger partial charge in [-0.2, -0.15) is 0 Å². The molecule has 3 heterocycles. The van der Waals surface area contributed by atoms with Crippen molar-refractivity contribution < 1.29 is 4.79 Å². The van der Waals surface area contributed by atoms with E-state index in [9.17, 15) is 4.79 Å². The maximum absolute atomic E-state index is 10.7. The van der Waals surface area contributed by atoms with E-state index < -0.39 is 0 Å². The highest BCUT2D eigenvalue weighted by molar-refractivity contribution is 5.75. The van der Waals surface area contributed by atoms with Crippen molar-refractivity contribution in [3.05, 3.63) is 48.3 Å². The molecule has 5 nitrogen and oxygen atoms in total. The van der Waals surface area contributed by atoms with Crippen molar-refractivity contribution in [3.63, 3.8) is 0 Å². The quantitative estimate of drug-likeness (QED) is 0.620. The fourth-order valence-electron chi connectivity index (χ4n) is 1.57. The molecular weight excluding hydrogens is 216 g/mol. The van der Waals surface area contributed by atoms with Gasteiger partial charge in [-0.3, -0.25) is 9.78 Å². The average Bonchev–Trinajstić information content (AvgIpc) is 2.82. The summed E-state index contributed by atoms with van der Waals surface area (Å²) in [5, 5.41) is 4.28. The van der Waals surface area contributed by atoms with Crippen molar-refractivity contribution in [3.8, 4) is 11.5 Å². The van der Waals surface area contributed by atoms with Crippen molar-refractivity contribution in [2.45, 2.75) is 0 Å². The number of pyridine rings is 2. The number of carbonyl (C=O) groups excluding carboxylic acids is 1.